The third-order valence-electron chi connectivity index (χ3n) is 4.16. The zero-order chi connectivity index (χ0) is 17.6. The third kappa shape index (κ3) is 4.78. The van der Waals surface area contributed by atoms with Crippen LogP contribution in [-0.4, -0.2) is 38.3 Å². The van der Waals surface area contributed by atoms with Crippen LogP contribution in [0.5, 0.6) is 0 Å². The van der Waals surface area contributed by atoms with E-state index in [0.717, 1.165) is 11.3 Å². The highest BCUT2D eigenvalue weighted by molar-refractivity contribution is 5.95. The van der Waals surface area contributed by atoms with Crippen molar-refractivity contribution < 1.29 is 13.9 Å². The smallest absolute Gasteiger partial charge is 0.241 e. The summed E-state index contributed by atoms with van der Waals surface area (Å²) in [4.78, 5) is 14.4. The minimum absolute atomic E-state index is 0.331. The van der Waals surface area contributed by atoms with Gasteiger partial charge in [0.05, 0.1) is 19.3 Å². The summed E-state index contributed by atoms with van der Waals surface area (Å²) in [6.45, 7) is 2.62. The van der Waals surface area contributed by atoms with Crippen molar-refractivity contribution in [3.63, 3.8) is 0 Å². The molecule has 1 amide bonds. The van der Waals surface area contributed by atoms with Crippen LogP contribution in [0.15, 0.2) is 48.5 Å². The fraction of sp³-hybridized carbons (Fsp3) is 0.316. The fourth-order valence-corrected chi connectivity index (χ4v) is 2.85. The Morgan fingerprint density at radius 3 is 2.64 bits per heavy atom. The molecule has 5 nitrogen and oxygen atoms in total. The van der Waals surface area contributed by atoms with Crippen LogP contribution in [0.2, 0.25) is 0 Å². The van der Waals surface area contributed by atoms with Crippen LogP contribution in [0.25, 0.3) is 0 Å². The van der Waals surface area contributed by atoms with E-state index in [0.29, 0.717) is 38.4 Å². The Morgan fingerprint density at radius 1 is 1.20 bits per heavy atom. The van der Waals surface area contributed by atoms with Gasteiger partial charge in [-0.2, -0.15) is 0 Å². The lowest BCUT2D eigenvalue weighted by atomic mass is 10.1. The number of nitrogens with zero attached hydrogens (tertiary/aromatic N) is 1. The first-order chi connectivity index (χ1) is 12.1. The second-order valence-electron chi connectivity index (χ2n) is 6.08. The molecule has 1 atom stereocenters. The molecular formula is C19H22FN3O2. The molecule has 2 aromatic carbocycles. The zero-order valence-electron chi connectivity index (χ0n) is 14.0. The first-order valence-corrected chi connectivity index (χ1v) is 8.35. The summed E-state index contributed by atoms with van der Waals surface area (Å²) in [5.41, 5.74) is 8.11. The minimum atomic E-state index is -0.697. The average molecular weight is 343 g/mol. The summed E-state index contributed by atoms with van der Waals surface area (Å²) in [6, 6.07) is 13.4. The van der Waals surface area contributed by atoms with Crippen molar-refractivity contribution in [1.82, 2.24) is 0 Å². The molecular weight excluding hydrogens is 321 g/mol. The molecule has 3 rings (SSSR count). The summed E-state index contributed by atoms with van der Waals surface area (Å²) in [6.07, 6.45) is 0.429. The molecule has 1 fully saturated rings. The van der Waals surface area contributed by atoms with Gasteiger partial charge in [0.1, 0.15) is 5.82 Å². The van der Waals surface area contributed by atoms with Crippen LogP contribution in [0, 0.1) is 5.82 Å². The number of halogens is 1. The highest BCUT2D eigenvalue weighted by Gasteiger charge is 2.17. The third-order valence-corrected chi connectivity index (χ3v) is 4.16. The Bertz CT molecular complexity index is 718. The van der Waals surface area contributed by atoms with Crippen molar-refractivity contribution in [1.29, 1.82) is 0 Å². The second kappa shape index (κ2) is 8.09. The van der Waals surface area contributed by atoms with Crippen LogP contribution < -0.4 is 16.0 Å². The van der Waals surface area contributed by atoms with E-state index in [1.165, 1.54) is 12.1 Å². The van der Waals surface area contributed by atoms with Crippen molar-refractivity contribution in [2.75, 3.05) is 36.5 Å². The van der Waals surface area contributed by atoms with E-state index in [1.807, 2.05) is 35.2 Å². The maximum Gasteiger partial charge on any atom is 0.241 e. The number of carbonyl (C=O) groups excluding carboxylic acids is 1. The van der Waals surface area contributed by atoms with Gasteiger partial charge < -0.3 is 20.7 Å². The highest BCUT2D eigenvalue weighted by atomic mass is 19.1. The maximum absolute atomic E-state index is 13.9. The highest BCUT2D eigenvalue weighted by Crippen LogP contribution is 2.23. The Labute approximate surface area is 146 Å². The summed E-state index contributed by atoms with van der Waals surface area (Å²) < 4.78 is 19.3. The van der Waals surface area contributed by atoms with E-state index < -0.39 is 11.9 Å². The molecule has 1 saturated heterocycles. The van der Waals surface area contributed by atoms with Gasteiger partial charge in [0, 0.05) is 24.5 Å². The lowest BCUT2D eigenvalue weighted by Crippen LogP contribution is -2.38. The van der Waals surface area contributed by atoms with Crippen molar-refractivity contribution in [3.8, 4) is 0 Å². The van der Waals surface area contributed by atoms with Crippen molar-refractivity contribution >= 4 is 17.3 Å². The molecule has 0 saturated carbocycles. The van der Waals surface area contributed by atoms with Gasteiger partial charge in [-0.3, -0.25) is 4.79 Å². The number of nitrogens with one attached hydrogen (secondary N) is 1. The van der Waals surface area contributed by atoms with E-state index >= 15 is 0 Å². The number of anilines is 2. The molecule has 0 radical (unpaired) electrons. The predicted molar refractivity (Wildman–Crippen MR) is 96.2 cm³/mol. The molecule has 1 aliphatic heterocycles. The SMILES string of the molecule is NC(Cc1ccccc1)C(=O)Nc1cc(F)cc(N2CCOCC2)c1. The van der Waals surface area contributed by atoms with Crippen molar-refractivity contribution in [3.05, 3.63) is 59.9 Å². The number of amides is 1. The van der Waals surface area contributed by atoms with Crippen LogP contribution in [0.1, 0.15) is 5.56 Å². The van der Waals surface area contributed by atoms with E-state index in [-0.39, 0.29) is 5.91 Å². The summed E-state index contributed by atoms with van der Waals surface area (Å²) in [5, 5.41) is 2.72. The molecule has 0 spiro atoms. The summed E-state index contributed by atoms with van der Waals surface area (Å²) in [7, 11) is 0. The molecule has 132 valence electrons. The Morgan fingerprint density at radius 2 is 1.92 bits per heavy atom. The minimum Gasteiger partial charge on any atom is -0.378 e. The molecule has 1 unspecified atom stereocenters. The van der Waals surface area contributed by atoms with Gasteiger partial charge in [-0.1, -0.05) is 30.3 Å². The number of hydrogen-bond donors (Lipinski definition) is 2. The van der Waals surface area contributed by atoms with Gasteiger partial charge in [-0.05, 0) is 30.2 Å². The Kier molecular flexibility index (Phi) is 5.63. The fourth-order valence-electron chi connectivity index (χ4n) is 2.85. The topological polar surface area (TPSA) is 67.6 Å². The number of morpholine rings is 1. The van der Waals surface area contributed by atoms with Crippen LogP contribution in [0.4, 0.5) is 15.8 Å². The predicted octanol–water partition coefficient (Wildman–Crippen LogP) is 2.17. The molecule has 25 heavy (non-hydrogen) atoms. The van der Waals surface area contributed by atoms with E-state index in [1.54, 1.807) is 6.07 Å². The van der Waals surface area contributed by atoms with Gasteiger partial charge in [-0.15, -0.1) is 0 Å². The lowest BCUT2D eigenvalue weighted by molar-refractivity contribution is -0.117. The number of carbonyl (C=O) groups is 1. The van der Waals surface area contributed by atoms with Crippen molar-refractivity contribution in [2.24, 2.45) is 5.73 Å². The molecule has 6 heteroatoms. The standard InChI is InChI=1S/C19H22FN3O2/c20-15-11-16(13-17(12-15)23-6-8-25-9-7-23)22-19(24)18(21)10-14-4-2-1-3-5-14/h1-5,11-13,18H,6-10,21H2,(H,22,24). The van der Waals surface area contributed by atoms with E-state index in [9.17, 15) is 9.18 Å². The first kappa shape index (κ1) is 17.4. The maximum atomic E-state index is 13.9. The van der Waals surface area contributed by atoms with E-state index in [4.69, 9.17) is 10.5 Å². The molecule has 1 aliphatic rings. The van der Waals surface area contributed by atoms with Gasteiger partial charge >= 0.3 is 0 Å². The summed E-state index contributed by atoms with van der Waals surface area (Å²) >= 11 is 0. The zero-order valence-corrected chi connectivity index (χ0v) is 14.0. The van der Waals surface area contributed by atoms with Gasteiger partial charge in [0.2, 0.25) is 5.91 Å². The first-order valence-electron chi connectivity index (χ1n) is 8.35. The largest absolute Gasteiger partial charge is 0.378 e. The molecule has 0 bridgehead atoms. The van der Waals surface area contributed by atoms with E-state index in [2.05, 4.69) is 5.32 Å². The van der Waals surface area contributed by atoms with Gasteiger partial charge in [0.25, 0.3) is 0 Å². The molecule has 2 aromatic rings. The normalized spacial score (nSPS) is 15.7. The Hall–Kier alpha value is -2.44. The molecule has 3 N–H and O–H groups in total. The molecule has 1 heterocycles. The monoisotopic (exact) mass is 343 g/mol. The Balaban J connectivity index is 1.67. The second-order valence-corrected chi connectivity index (χ2v) is 6.08. The number of benzene rings is 2. The van der Waals surface area contributed by atoms with Gasteiger partial charge in [-0.25, -0.2) is 4.39 Å². The number of nitrogens with two attached hydrogens (primary N) is 1. The molecule has 0 aromatic heterocycles. The van der Waals surface area contributed by atoms with Crippen LogP contribution in [-0.2, 0) is 16.0 Å². The molecule has 0 aliphatic carbocycles. The lowest BCUT2D eigenvalue weighted by Gasteiger charge is -2.29. The van der Waals surface area contributed by atoms with Gasteiger partial charge in [0.15, 0.2) is 0 Å². The number of ether oxygens (including phenoxy) is 1. The van der Waals surface area contributed by atoms with Crippen LogP contribution >= 0.6 is 0 Å². The van der Waals surface area contributed by atoms with Crippen molar-refractivity contribution in [2.45, 2.75) is 12.5 Å². The summed E-state index contributed by atoms with van der Waals surface area (Å²) in [5.74, 6) is -0.724. The number of rotatable bonds is 5. The quantitative estimate of drug-likeness (QED) is 0.873. The van der Waals surface area contributed by atoms with Crippen LogP contribution in [0.3, 0.4) is 0 Å². The average Bonchev–Trinajstić information content (AvgIpc) is 2.63. The number of hydrogen-bond acceptors (Lipinski definition) is 4.